The number of nitrogens with zero attached hydrogens (tertiary/aromatic N) is 2. The number of ether oxygens (including phenoxy) is 1. The summed E-state index contributed by atoms with van der Waals surface area (Å²) in [6, 6.07) is 13.2. The standard InChI is InChI=1S/C20H21ClN4O2S/c1-12-8-9-15(21)10-16(12)22-19(26)14(3)28-20-23-18(24-25-20)11-27-17-7-5-4-6-13(17)2/h4-10,14H,11H2,1-3H3,(H,22,26)(H,23,24,25)/t14-/m1/s1. The van der Waals surface area contributed by atoms with Crippen molar-refractivity contribution < 1.29 is 9.53 Å². The van der Waals surface area contributed by atoms with Gasteiger partial charge < -0.3 is 10.1 Å². The van der Waals surface area contributed by atoms with E-state index >= 15 is 0 Å². The molecule has 0 bridgehead atoms. The number of aromatic nitrogens is 3. The van der Waals surface area contributed by atoms with Crippen molar-refractivity contribution >= 4 is 35.0 Å². The average molecular weight is 417 g/mol. The summed E-state index contributed by atoms with van der Waals surface area (Å²) < 4.78 is 5.76. The Kier molecular flexibility index (Phi) is 6.59. The second kappa shape index (κ2) is 9.12. The lowest BCUT2D eigenvalue weighted by atomic mass is 10.2. The fraction of sp³-hybridized carbons (Fsp3) is 0.250. The van der Waals surface area contributed by atoms with Crippen LogP contribution in [0.25, 0.3) is 0 Å². The summed E-state index contributed by atoms with van der Waals surface area (Å²) in [5.74, 6) is 1.26. The monoisotopic (exact) mass is 416 g/mol. The van der Waals surface area contributed by atoms with Gasteiger partial charge in [0.15, 0.2) is 5.82 Å². The topological polar surface area (TPSA) is 79.9 Å². The number of anilines is 1. The van der Waals surface area contributed by atoms with Crippen LogP contribution in [-0.4, -0.2) is 26.3 Å². The normalized spacial score (nSPS) is 11.9. The number of benzene rings is 2. The summed E-state index contributed by atoms with van der Waals surface area (Å²) in [7, 11) is 0. The van der Waals surface area contributed by atoms with Gasteiger partial charge in [-0.2, -0.15) is 0 Å². The predicted molar refractivity (Wildman–Crippen MR) is 112 cm³/mol. The Morgan fingerprint density at radius 2 is 2.04 bits per heavy atom. The highest BCUT2D eigenvalue weighted by Gasteiger charge is 2.18. The molecule has 0 saturated heterocycles. The summed E-state index contributed by atoms with van der Waals surface area (Å²) in [6.07, 6.45) is 0. The smallest absolute Gasteiger partial charge is 0.237 e. The van der Waals surface area contributed by atoms with Crippen LogP contribution in [0.1, 0.15) is 23.9 Å². The number of para-hydroxylation sites is 1. The third-order valence-electron chi connectivity index (χ3n) is 4.08. The molecule has 28 heavy (non-hydrogen) atoms. The minimum atomic E-state index is -0.376. The fourth-order valence-corrected chi connectivity index (χ4v) is 3.35. The van der Waals surface area contributed by atoms with Gasteiger partial charge in [0.05, 0.1) is 5.25 Å². The Morgan fingerprint density at radius 1 is 1.25 bits per heavy atom. The maximum Gasteiger partial charge on any atom is 0.237 e. The van der Waals surface area contributed by atoms with Crippen molar-refractivity contribution in [3.05, 3.63) is 64.4 Å². The van der Waals surface area contributed by atoms with E-state index in [1.165, 1.54) is 11.8 Å². The molecule has 0 unspecified atom stereocenters. The molecule has 1 heterocycles. The quantitative estimate of drug-likeness (QED) is 0.542. The van der Waals surface area contributed by atoms with Crippen molar-refractivity contribution in [2.45, 2.75) is 37.8 Å². The van der Waals surface area contributed by atoms with Crippen molar-refractivity contribution in [1.82, 2.24) is 15.2 Å². The minimum Gasteiger partial charge on any atom is -0.485 e. The number of carbonyl (C=O) groups excluding carboxylic acids is 1. The van der Waals surface area contributed by atoms with Crippen molar-refractivity contribution in [3.8, 4) is 5.75 Å². The zero-order valence-electron chi connectivity index (χ0n) is 15.8. The van der Waals surface area contributed by atoms with Gasteiger partial charge in [0.2, 0.25) is 11.1 Å². The average Bonchev–Trinajstić information content (AvgIpc) is 3.11. The number of aryl methyl sites for hydroxylation is 2. The Labute approximate surface area is 173 Å². The molecule has 1 amide bonds. The third-order valence-corrected chi connectivity index (χ3v) is 5.27. The summed E-state index contributed by atoms with van der Waals surface area (Å²) >= 11 is 7.28. The van der Waals surface area contributed by atoms with Gasteiger partial charge in [-0.15, -0.1) is 5.10 Å². The number of carbonyl (C=O) groups is 1. The molecule has 8 heteroatoms. The molecule has 0 fully saturated rings. The van der Waals surface area contributed by atoms with Crippen molar-refractivity contribution in [2.75, 3.05) is 5.32 Å². The maximum absolute atomic E-state index is 12.5. The van der Waals surface area contributed by atoms with Crippen LogP contribution in [0.5, 0.6) is 5.75 Å². The zero-order valence-corrected chi connectivity index (χ0v) is 17.4. The minimum absolute atomic E-state index is 0.141. The molecular formula is C20H21ClN4O2S. The fourth-order valence-electron chi connectivity index (χ4n) is 2.43. The molecular weight excluding hydrogens is 396 g/mol. The molecule has 3 aromatic rings. The number of nitrogens with one attached hydrogen (secondary N) is 2. The predicted octanol–water partition coefficient (Wildman–Crippen LogP) is 4.77. The number of aromatic amines is 1. The van der Waals surface area contributed by atoms with Crippen LogP contribution < -0.4 is 10.1 Å². The number of thioether (sulfide) groups is 1. The molecule has 0 aliphatic heterocycles. The molecule has 2 N–H and O–H groups in total. The van der Waals surface area contributed by atoms with E-state index in [2.05, 4.69) is 20.5 Å². The van der Waals surface area contributed by atoms with Crippen LogP contribution in [0.3, 0.4) is 0 Å². The zero-order chi connectivity index (χ0) is 20.1. The molecule has 0 saturated carbocycles. The van der Waals surface area contributed by atoms with Gasteiger partial charge >= 0.3 is 0 Å². The largest absolute Gasteiger partial charge is 0.485 e. The highest BCUT2D eigenvalue weighted by Crippen LogP contribution is 2.24. The van der Waals surface area contributed by atoms with Gasteiger partial charge in [-0.3, -0.25) is 9.89 Å². The van der Waals surface area contributed by atoms with Crippen molar-refractivity contribution in [1.29, 1.82) is 0 Å². The Hall–Kier alpha value is -2.51. The number of hydrogen-bond donors (Lipinski definition) is 2. The molecule has 6 nitrogen and oxygen atoms in total. The molecule has 0 aliphatic carbocycles. The molecule has 3 rings (SSSR count). The highest BCUT2D eigenvalue weighted by molar-refractivity contribution is 8.00. The van der Waals surface area contributed by atoms with E-state index in [1.54, 1.807) is 19.1 Å². The van der Waals surface area contributed by atoms with Crippen LogP contribution in [-0.2, 0) is 11.4 Å². The van der Waals surface area contributed by atoms with Crippen molar-refractivity contribution in [2.24, 2.45) is 0 Å². The molecule has 0 radical (unpaired) electrons. The first-order chi connectivity index (χ1) is 13.4. The Bertz CT molecular complexity index is 976. The lowest BCUT2D eigenvalue weighted by Gasteiger charge is -2.12. The van der Waals surface area contributed by atoms with Gasteiger partial charge in [-0.05, 0) is 50.1 Å². The number of amides is 1. The van der Waals surface area contributed by atoms with Gasteiger partial charge in [0.1, 0.15) is 12.4 Å². The first-order valence-corrected chi connectivity index (χ1v) is 10.0. The summed E-state index contributed by atoms with van der Waals surface area (Å²) in [5.41, 5.74) is 2.70. The second-order valence-electron chi connectivity index (χ2n) is 6.33. The van der Waals surface area contributed by atoms with Crippen LogP contribution in [0.2, 0.25) is 5.02 Å². The van der Waals surface area contributed by atoms with Gasteiger partial charge in [-0.1, -0.05) is 47.6 Å². The highest BCUT2D eigenvalue weighted by atomic mass is 35.5. The summed E-state index contributed by atoms with van der Waals surface area (Å²) in [5, 5.41) is 10.6. The van der Waals surface area contributed by atoms with Crippen LogP contribution in [0.4, 0.5) is 5.69 Å². The van der Waals surface area contributed by atoms with Crippen LogP contribution >= 0.6 is 23.4 Å². The van der Waals surface area contributed by atoms with Crippen molar-refractivity contribution in [3.63, 3.8) is 0 Å². The van der Waals surface area contributed by atoms with E-state index in [0.717, 1.165) is 16.9 Å². The number of hydrogen-bond acceptors (Lipinski definition) is 5. The summed E-state index contributed by atoms with van der Waals surface area (Å²) in [4.78, 5) is 16.9. The second-order valence-corrected chi connectivity index (χ2v) is 8.07. The molecule has 2 aromatic carbocycles. The van der Waals surface area contributed by atoms with E-state index in [-0.39, 0.29) is 17.8 Å². The number of rotatable bonds is 7. The van der Waals surface area contributed by atoms with Gasteiger partial charge in [-0.25, -0.2) is 4.98 Å². The Balaban J connectivity index is 1.56. The maximum atomic E-state index is 12.5. The first-order valence-electron chi connectivity index (χ1n) is 8.76. The summed E-state index contributed by atoms with van der Waals surface area (Å²) in [6.45, 7) is 5.99. The third kappa shape index (κ3) is 5.27. The lowest BCUT2D eigenvalue weighted by molar-refractivity contribution is -0.115. The van der Waals surface area contributed by atoms with Gasteiger partial charge in [0.25, 0.3) is 0 Å². The van der Waals surface area contributed by atoms with Gasteiger partial charge in [0, 0.05) is 10.7 Å². The number of halogens is 1. The molecule has 146 valence electrons. The van der Waals surface area contributed by atoms with Crippen LogP contribution in [0, 0.1) is 13.8 Å². The molecule has 0 spiro atoms. The van der Waals surface area contributed by atoms with E-state index in [0.29, 0.717) is 21.7 Å². The first kappa shape index (κ1) is 20.2. The van der Waals surface area contributed by atoms with Crippen LogP contribution in [0.15, 0.2) is 47.6 Å². The van der Waals surface area contributed by atoms with E-state index in [9.17, 15) is 4.79 Å². The van der Waals surface area contributed by atoms with E-state index in [1.807, 2.05) is 44.2 Å². The molecule has 1 atom stereocenters. The molecule has 0 aliphatic rings. The number of H-pyrrole nitrogens is 1. The Morgan fingerprint density at radius 3 is 2.82 bits per heavy atom. The van der Waals surface area contributed by atoms with E-state index in [4.69, 9.17) is 16.3 Å². The van der Waals surface area contributed by atoms with E-state index < -0.39 is 0 Å². The molecule has 1 aromatic heterocycles. The lowest BCUT2D eigenvalue weighted by Crippen LogP contribution is -2.23. The SMILES string of the molecule is Cc1ccc(Cl)cc1NC(=O)[C@@H](C)Sc1n[nH]c(COc2ccccc2C)n1.